The summed E-state index contributed by atoms with van der Waals surface area (Å²) in [5, 5.41) is 8.50. The lowest BCUT2D eigenvalue weighted by atomic mass is 9.76. The Morgan fingerprint density at radius 3 is 2.70 bits per heavy atom. The number of aromatic nitrogens is 4. The normalized spacial score (nSPS) is 24.0. The number of rotatable bonds is 3. The van der Waals surface area contributed by atoms with Gasteiger partial charge in [0.15, 0.2) is 5.82 Å². The van der Waals surface area contributed by atoms with Gasteiger partial charge in [0.1, 0.15) is 0 Å². The second-order valence-electron chi connectivity index (χ2n) is 7.38. The van der Waals surface area contributed by atoms with Crippen molar-refractivity contribution in [2.45, 2.75) is 52.0 Å². The Morgan fingerprint density at radius 2 is 2.09 bits per heavy atom. The molecule has 0 aromatic carbocycles. The molecule has 23 heavy (non-hydrogen) atoms. The van der Waals surface area contributed by atoms with Gasteiger partial charge in [0.2, 0.25) is 5.89 Å². The fourth-order valence-corrected chi connectivity index (χ4v) is 4.62. The van der Waals surface area contributed by atoms with Crippen molar-refractivity contribution in [3.8, 4) is 0 Å². The number of hydrogen-bond acceptors (Lipinski definition) is 5. The van der Waals surface area contributed by atoms with E-state index in [0.29, 0.717) is 11.3 Å². The summed E-state index contributed by atoms with van der Waals surface area (Å²) in [6.07, 6.45) is 7.34. The van der Waals surface area contributed by atoms with Crippen molar-refractivity contribution in [2.75, 3.05) is 13.1 Å². The lowest BCUT2D eigenvalue weighted by Crippen LogP contribution is -2.26. The van der Waals surface area contributed by atoms with Crippen LogP contribution in [0.1, 0.15) is 54.6 Å². The molecule has 1 aliphatic heterocycles. The van der Waals surface area contributed by atoms with Crippen molar-refractivity contribution in [3.05, 3.63) is 29.2 Å². The average molecular weight is 315 g/mol. The average Bonchev–Trinajstić information content (AvgIpc) is 3.24. The number of nitrogens with zero attached hydrogens (tertiary/aromatic N) is 5. The lowest BCUT2D eigenvalue weighted by Gasteiger charge is -2.27. The zero-order chi connectivity index (χ0) is 16.0. The fraction of sp³-hybridized carbons (Fsp3) is 0.706. The molecule has 0 bridgehead atoms. The van der Waals surface area contributed by atoms with E-state index in [1.54, 1.807) is 0 Å². The summed E-state index contributed by atoms with van der Waals surface area (Å²) in [7, 11) is 1.99. The molecule has 6 heteroatoms. The zero-order valence-corrected chi connectivity index (χ0v) is 14.2. The van der Waals surface area contributed by atoms with Gasteiger partial charge in [0.25, 0.3) is 0 Å². The van der Waals surface area contributed by atoms with Crippen LogP contribution in [-0.4, -0.2) is 37.9 Å². The van der Waals surface area contributed by atoms with Gasteiger partial charge >= 0.3 is 0 Å². The summed E-state index contributed by atoms with van der Waals surface area (Å²) < 4.78 is 7.46. The molecule has 0 radical (unpaired) electrons. The maximum atomic E-state index is 5.56. The van der Waals surface area contributed by atoms with Crippen LogP contribution in [0.5, 0.6) is 0 Å². The quantitative estimate of drug-likeness (QED) is 0.871. The van der Waals surface area contributed by atoms with E-state index in [0.717, 1.165) is 37.0 Å². The first-order chi connectivity index (χ1) is 11.1. The molecule has 4 rings (SSSR count). The predicted molar refractivity (Wildman–Crippen MR) is 85.9 cm³/mol. The summed E-state index contributed by atoms with van der Waals surface area (Å²) in [6.45, 7) is 7.10. The van der Waals surface area contributed by atoms with Crippen LogP contribution in [0.3, 0.4) is 0 Å². The summed E-state index contributed by atoms with van der Waals surface area (Å²) in [5.74, 6) is 1.97. The molecule has 2 aliphatic rings. The second kappa shape index (κ2) is 5.44. The van der Waals surface area contributed by atoms with Crippen molar-refractivity contribution in [1.29, 1.82) is 0 Å². The maximum Gasteiger partial charge on any atom is 0.231 e. The highest BCUT2D eigenvalue weighted by Gasteiger charge is 2.50. The smallest absolute Gasteiger partial charge is 0.231 e. The van der Waals surface area contributed by atoms with Gasteiger partial charge in [-0.05, 0) is 32.1 Å². The molecule has 0 amide bonds. The largest absolute Gasteiger partial charge is 0.339 e. The molecule has 0 N–H and O–H groups in total. The maximum absolute atomic E-state index is 5.56. The van der Waals surface area contributed by atoms with E-state index >= 15 is 0 Å². The number of aryl methyl sites for hydroxylation is 3. The van der Waals surface area contributed by atoms with Crippen molar-refractivity contribution in [2.24, 2.45) is 12.5 Å². The van der Waals surface area contributed by atoms with Crippen LogP contribution in [0.4, 0.5) is 0 Å². The predicted octanol–water partition coefficient (Wildman–Crippen LogP) is 2.58. The van der Waals surface area contributed by atoms with E-state index < -0.39 is 0 Å². The van der Waals surface area contributed by atoms with Crippen LogP contribution in [0.2, 0.25) is 0 Å². The Hall–Kier alpha value is -1.69. The molecule has 6 nitrogen and oxygen atoms in total. The third-order valence-electron chi connectivity index (χ3n) is 5.67. The lowest BCUT2D eigenvalue weighted by molar-refractivity contribution is 0.227. The standard InChI is InChI=1S/C17H25N5O/c1-12-14(8-21(3)19-12)9-22-10-15(16-18-13(2)20-23-16)17(11-22)6-4-5-7-17/h8,15H,4-7,9-11H2,1-3H3. The molecule has 124 valence electrons. The first kappa shape index (κ1) is 14.9. The van der Waals surface area contributed by atoms with Crippen molar-refractivity contribution >= 4 is 0 Å². The van der Waals surface area contributed by atoms with Crippen LogP contribution in [0, 0.1) is 19.3 Å². The number of hydrogen-bond donors (Lipinski definition) is 0. The van der Waals surface area contributed by atoms with E-state index in [-0.39, 0.29) is 0 Å². The molecule has 3 heterocycles. The SMILES string of the molecule is Cc1noc(C2CN(Cc3cn(C)nc3C)CC23CCCC3)n1. The van der Waals surface area contributed by atoms with Gasteiger partial charge < -0.3 is 4.52 Å². The van der Waals surface area contributed by atoms with Crippen molar-refractivity contribution in [1.82, 2.24) is 24.8 Å². The van der Waals surface area contributed by atoms with Gasteiger partial charge in [-0.2, -0.15) is 10.1 Å². The molecule has 1 atom stereocenters. The zero-order valence-electron chi connectivity index (χ0n) is 14.2. The van der Waals surface area contributed by atoms with Gasteiger partial charge in [-0.3, -0.25) is 9.58 Å². The van der Waals surface area contributed by atoms with E-state index in [1.807, 2.05) is 18.7 Å². The minimum Gasteiger partial charge on any atom is -0.339 e. The monoisotopic (exact) mass is 315 g/mol. The molecule has 1 unspecified atom stereocenters. The Bertz CT molecular complexity index is 698. The highest BCUT2D eigenvalue weighted by molar-refractivity contribution is 5.17. The number of likely N-dealkylation sites (tertiary alicyclic amines) is 1. The Morgan fingerprint density at radius 1 is 1.30 bits per heavy atom. The molecule has 1 saturated heterocycles. The second-order valence-corrected chi connectivity index (χ2v) is 7.38. The molecule has 1 spiro atoms. The van der Waals surface area contributed by atoms with Gasteiger partial charge in [-0.25, -0.2) is 0 Å². The van der Waals surface area contributed by atoms with Gasteiger partial charge in [-0.1, -0.05) is 18.0 Å². The van der Waals surface area contributed by atoms with Crippen LogP contribution in [0.15, 0.2) is 10.7 Å². The van der Waals surface area contributed by atoms with Gasteiger partial charge in [0.05, 0.1) is 11.6 Å². The third kappa shape index (κ3) is 2.59. The molecular weight excluding hydrogens is 290 g/mol. The highest BCUT2D eigenvalue weighted by atomic mass is 16.5. The Kier molecular flexibility index (Phi) is 3.52. The van der Waals surface area contributed by atoms with Crippen LogP contribution >= 0.6 is 0 Å². The summed E-state index contributed by atoms with van der Waals surface area (Å²) in [4.78, 5) is 7.11. The molecule has 2 aromatic heterocycles. The van der Waals surface area contributed by atoms with Gasteiger partial charge in [-0.15, -0.1) is 0 Å². The fourth-order valence-electron chi connectivity index (χ4n) is 4.62. The van der Waals surface area contributed by atoms with Crippen LogP contribution < -0.4 is 0 Å². The first-order valence-electron chi connectivity index (χ1n) is 8.57. The summed E-state index contributed by atoms with van der Waals surface area (Å²) in [6, 6.07) is 0. The minimum atomic E-state index is 0.328. The van der Waals surface area contributed by atoms with E-state index in [9.17, 15) is 0 Å². The first-order valence-corrected chi connectivity index (χ1v) is 8.57. The Balaban J connectivity index is 1.58. The molecule has 1 aliphatic carbocycles. The van der Waals surface area contributed by atoms with Crippen LogP contribution in [-0.2, 0) is 13.6 Å². The highest BCUT2D eigenvalue weighted by Crippen LogP contribution is 2.53. The third-order valence-corrected chi connectivity index (χ3v) is 5.67. The molecule has 1 saturated carbocycles. The van der Waals surface area contributed by atoms with E-state index in [4.69, 9.17) is 4.52 Å². The molecule has 2 aromatic rings. The van der Waals surface area contributed by atoms with Crippen molar-refractivity contribution in [3.63, 3.8) is 0 Å². The molecular formula is C17H25N5O. The van der Waals surface area contributed by atoms with Crippen LogP contribution in [0.25, 0.3) is 0 Å². The summed E-state index contributed by atoms with van der Waals surface area (Å²) in [5.41, 5.74) is 2.78. The Labute approximate surface area is 136 Å². The van der Waals surface area contributed by atoms with Crippen molar-refractivity contribution < 1.29 is 4.52 Å². The minimum absolute atomic E-state index is 0.328. The van der Waals surface area contributed by atoms with E-state index in [1.165, 1.54) is 31.2 Å². The summed E-state index contributed by atoms with van der Waals surface area (Å²) >= 11 is 0. The van der Waals surface area contributed by atoms with Gasteiger partial charge in [0, 0.05) is 38.4 Å². The molecule has 2 fully saturated rings. The van der Waals surface area contributed by atoms with E-state index in [2.05, 4.69) is 33.3 Å². The topological polar surface area (TPSA) is 60.0 Å².